The molecule has 0 radical (unpaired) electrons. The zero-order valence-corrected chi connectivity index (χ0v) is 12.5. The summed E-state index contributed by atoms with van der Waals surface area (Å²) in [5.41, 5.74) is -0.220. The van der Waals surface area contributed by atoms with E-state index in [2.05, 4.69) is 31.1 Å². The van der Waals surface area contributed by atoms with Crippen molar-refractivity contribution in [1.29, 1.82) is 0 Å². The normalized spacial score (nSPS) is 19.7. The van der Waals surface area contributed by atoms with E-state index < -0.39 is 17.5 Å². The quantitative estimate of drug-likeness (QED) is 0.776. The van der Waals surface area contributed by atoms with Gasteiger partial charge in [0.05, 0.1) is 11.7 Å². The standard InChI is InChI=1S/C14H17F3N2S/c1-14(2,3)11-4-5-20-13(19-11)18-10-7-8(15)6-9(16)12(10)17/h6-7,11H,4-5H2,1-3H3,(H,18,19). The molecule has 110 valence electrons. The Morgan fingerprint density at radius 2 is 1.95 bits per heavy atom. The number of thioether (sulfide) groups is 1. The first-order valence-corrected chi connectivity index (χ1v) is 7.38. The summed E-state index contributed by atoms with van der Waals surface area (Å²) in [6.45, 7) is 6.24. The number of halogens is 3. The van der Waals surface area contributed by atoms with Gasteiger partial charge in [0.2, 0.25) is 0 Å². The summed E-state index contributed by atoms with van der Waals surface area (Å²) in [4.78, 5) is 4.51. The number of nitrogens with zero attached hydrogens (tertiary/aromatic N) is 1. The van der Waals surface area contributed by atoms with Crippen LogP contribution in [-0.4, -0.2) is 17.0 Å². The molecule has 1 atom stereocenters. The van der Waals surface area contributed by atoms with Crippen molar-refractivity contribution >= 4 is 22.6 Å². The van der Waals surface area contributed by atoms with Gasteiger partial charge in [0.15, 0.2) is 16.8 Å². The van der Waals surface area contributed by atoms with Gasteiger partial charge in [0.25, 0.3) is 0 Å². The predicted molar refractivity (Wildman–Crippen MR) is 77.7 cm³/mol. The van der Waals surface area contributed by atoms with Gasteiger partial charge in [0, 0.05) is 17.9 Å². The largest absolute Gasteiger partial charge is 0.332 e. The molecule has 1 N–H and O–H groups in total. The summed E-state index contributed by atoms with van der Waals surface area (Å²) >= 11 is 1.43. The van der Waals surface area contributed by atoms with Gasteiger partial charge >= 0.3 is 0 Å². The number of benzene rings is 1. The molecule has 0 amide bonds. The van der Waals surface area contributed by atoms with E-state index in [0.29, 0.717) is 11.2 Å². The van der Waals surface area contributed by atoms with Crippen molar-refractivity contribution in [3.63, 3.8) is 0 Å². The van der Waals surface area contributed by atoms with Crippen LogP contribution in [0.25, 0.3) is 0 Å². The number of aliphatic imine (C=N–C) groups is 1. The molecule has 0 spiro atoms. The average Bonchev–Trinajstić information content (AvgIpc) is 2.35. The highest BCUT2D eigenvalue weighted by atomic mass is 32.2. The third-order valence-electron chi connectivity index (χ3n) is 3.14. The molecule has 2 nitrogen and oxygen atoms in total. The fraction of sp³-hybridized carbons (Fsp3) is 0.500. The van der Waals surface area contributed by atoms with Gasteiger partial charge in [-0.05, 0) is 11.8 Å². The Bertz CT molecular complexity index is 538. The van der Waals surface area contributed by atoms with E-state index in [0.717, 1.165) is 18.2 Å². The lowest BCUT2D eigenvalue weighted by molar-refractivity contribution is 0.316. The number of anilines is 1. The molecule has 20 heavy (non-hydrogen) atoms. The van der Waals surface area contributed by atoms with Gasteiger partial charge in [-0.15, -0.1) is 0 Å². The number of nitrogens with one attached hydrogen (secondary N) is 1. The molecule has 1 aliphatic rings. The molecule has 6 heteroatoms. The summed E-state index contributed by atoms with van der Waals surface area (Å²) in [7, 11) is 0. The molecule has 2 rings (SSSR count). The molecule has 1 aromatic rings. The third-order valence-corrected chi connectivity index (χ3v) is 4.06. The number of amidine groups is 1. The van der Waals surface area contributed by atoms with Gasteiger partial charge in [-0.25, -0.2) is 13.2 Å². The molecule has 0 fully saturated rings. The first-order chi connectivity index (χ1) is 9.27. The zero-order valence-electron chi connectivity index (χ0n) is 11.6. The molecule has 0 aliphatic carbocycles. The fourth-order valence-corrected chi connectivity index (χ4v) is 2.89. The van der Waals surface area contributed by atoms with E-state index in [9.17, 15) is 13.2 Å². The highest BCUT2D eigenvalue weighted by Gasteiger charge is 2.27. The van der Waals surface area contributed by atoms with Crippen molar-refractivity contribution in [2.75, 3.05) is 11.1 Å². The van der Waals surface area contributed by atoms with E-state index in [-0.39, 0.29) is 17.1 Å². The monoisotopic (exact) mass is 302 g/mol. The second-order valence-electron chi connectivity index (χ2n) is 5.83. The SMILES string of the molecule is CC(C)(C)C1CCSC(Nc2cc(F)cc(F)c2F)=N1. The Morgan fingerprint density at radius 3 is 2.60 bits per heavy atom. The Kier molecular flexibility index (Phi) is 4.32. The fourth-order valence-electron chi connectivity index (χ4n) is 1.97. The van der Waals surface area contributed by atoms with Crippen molar-refractivity contribution in [2.24, 2.45) is 10.4 Å². The molecule has 0 saturated carbocycles. The van der Waals surface area contributed by atoms with Crippen LogP contribution in [0.2, 0.25) is 0 Å². The summed E-state index contributed by atoms with van der Waals surface area (Å²) in [6.07, 6.45) is 0.930. The molecule has 0 bridgehead atoms. The molecule has 1 aromatic carbocycles. The smallest absolute Gasteiger partial charge is 0.182 e. The van der Waals surface area contributed by atoms with Crippen molar-refractivity contribution < 1.29 is 13.2 Å². The minimum absolute atomic E-state index is 0.000355. The Morgan fingerprint density at radius 1 is 1.25 bits per heavy atom. The Labute approximate surface area is 120 Å². The van der Waals surface area contributed by atoms with Crippen LogP contribution in [0.3, 0.4) is 0 Å². The van der Waals surface area contributed by atoms with Crippen molar-refractivity contribution in [2.45, 2.75) is 33.2 Å². The van der Waals surface area contributed by atoms with Gasteiger partial charge in [-0.3, -0.25) is 4.99 Å². The van der Waals surface area contributed by atoms with Gasteiger partial charge in [-0.2, -0.15) is 0 Å². The van der Waals surface area contributed by atoms with Crippen molar-refractivity contribution in [3.8, 4) is 0 Å². The number of hydrogen-bond donors (Lipinski definition) is 1. The average molecular weight is 302 g/mol. The highest BCUT2D eigenvalue weighted by Crippen LogP contribution is 2.31. The summed E-state index contributed by atoms with van der Waals surface area (Å²) in [6, 6.07) is 1.56. The molecule has 1 aliphatic heterocycles. The lowest BCUT2D eigenvalue weighted by atomic mass is 9.85. The van der Waals surface area contributed by atoms with E-state index in [1.807, 2.05) is 0 Å². The maximum absolute atomic E-state index is 13.6. The van der Waals surface area contributed by atoms with Crippen LogP contribution in [0.5, 0.6) is 0 Å². The first kappa shape index (κ1) is 15.2. The minimum atomic E-state index is -1.21. The minimum Gasteiger partial charge on any atom is -0.332 e. The van der Waals surface area contributed by atoms with Gasteiger partial charge in [0.1, 0.15) is 5.82 Å². The van der Waals surface area contributed by atoms with Crippen LogP contribution in [0, 0.1) is 22.9 Å². The number of hydrogen-bond acceptors (Lipinski definition) is 3. The van der Waals surface area contributed by atoms with Crippen LogP contribution in [-0.2, 0) is 0 Å². The third kappa shape index (κ3) is 3.48. The summed E-state index contributed by atoms with van der Waals surface area (Å²) in [5, 5.41) is 3.19. The van der Waals surface area contributed by atoms with Crippen LogP contribution in [0.15, 0.2) is 17.1 Å². The van der Waals surface area contributed by atoms with Crippen LogP contribution < -0.4 is 5.32 Å². The second-order valence-corrected chi connectivity index (χ2v) is 6.91. The second kappa shape index (κ2) is 5.68. The maximum atomic E-state index is 13.6. The first-order valence-electron chi connectivity index (χ1n) is 6.39. The van der Waals surface area contributed by atoms with Crippen molar-refractivity contribution in [3.05, 3.63) is 29.6 Å². The number of rotatable bonds is 1. The highest BCUT2D eigenvalue weighted by molar-refractivity contribution is 8.14. The molecular weight excluding hydrogens is 285 g/mol. The summed E-state index contributed by atoms with van der Waals surface area (Å²) < 4.78 is 39.9. The van der Waals surface area contributed by atoms with E-state index in [4.69, 9.17) is 0 Å². The molecular formula is C14H17F3N2S. The predicted octanol–water partition coefficient (Wildman–Crippen LogP) is 4.42. The van der Waals surface area contributed by atoms with E-state index in [1.165, 1.54) is 11.8 Å². The molecule has 0 saturated heterocycles. The zero-order chi connectivity index (χ0) is 14.9. The molecule has 0 aromatic heterocycles. The van der Waals surface area contributed by atoms with Crippen LogP contribution in [0.4, 0.5) is 18.9 Å². The Hall–Kier alpha value is -1.17. The van der Waals surface area contributed by atoms with E-state index >= 15 is 0 Å². The lowest BCUT2D eigenvalue weighted by Gasteiger charge is -2.31. The van der Waals surface area contributed by atoms with E-state index in [1.54, 1.807) is 0 Å². The summed E-state index contributed by atoms with van der Waals surface area (Å²) in [5.74, 6) is -2.28. The Balaban J connectivity index is 2.24. The topological polar surface area (TPSA) is 24.4 Å². The van der Waals surface area contributed by atoms with Crippen LogP contribution >= 0.6 is 11.8 Å². The molecule has 1 heterocycles. The van der Waals surface area contributed by atoms with Gasteiger partial charge < -0.3 is 5.32 Å². The molecule has 1 unspecified atom stereocenters. The lowest BCUT2D eigenvalue weighted by Crippen LogP contribution is -2.30. The van der Waals surface area contributed by atoms with Crippen LogP contribution in [0.1, 0.15) is 27.2 Å². The maximum Gasteiger partial charge on any atom is 0.182 e. The van der Waals surface area contributed by atoms with Crippen molar-refractivity contribution in [1.82, 2.24) is 0 Å². The van der Waals surface area contributed by atoms with Gasteiger partial charge in [-0.1, -0.05) is 32.5 Å².